The van der Waals surface area contributed by atoms with Crippen LogP contribution >= 0.6 is 0 Å². The zero-order valence-corrected chi connectivity index (χ0v) is 20.6. The van der Waals surface area contributed by atoms with Gasteiger partial charge in [-0.2, -0.15) is 5.10 Å². The molecular weight excluding hydrogens is 430 g/mol. The predicted octanol–water partition coefficient (Wildman–Crippen LogP) is 4.22. The molecule has 0 fully saturated rings. The molecule has 1 aromatic heterocycles. The molecule has 0 aliphatic carbocycles. The Balaban J connectivity index is 1.47. The van der Waals surface area contributed by atoms with Gasteiger partial charge in [-0.25, -0.2) is 4.79 Å². The van der Waals surface area contributed by atoms with Gasteiger partial charge in [0.2, 0.25) is 0 Å². The number of esters is 1. The zero-order chi connectivity index (χ0) is 24.7. The van der Waals surface area contributed by atoms with Crippen LogP contribution in [-0.4, -0.2) is 34.9 Å². The number of nitrogens with one attached hydrogen (secondary N) is 1. The van der Waals surface area contributed by atoms with Crippen molar-refractivity contribution in [3.8, 4) is 5.75 Å². The Morgan fingerprint density at radius 3 is 2.47 bits per heavy atom. The molecule has 0 aliphatic rings. The topological polar surface area (TPSA) is 82.4 Å². The van der Waals surface area contributed by atoms with Crippen molar-refractivity contribution < 1.29 is 19.1 Å². The molecule has 34 heavy (non-hydrogen) atoms. The van der Waals surface area contributed by atoms with Gasteiger partial charge in [0.05, 0.1) is 12.2 Å². The van der Waals surface area contributed by atoms with Crippen LogP contribution in [0.1, 0.15) is 53.4 Å². The highest BCUT2D eigenvalue weighted by Crippen LogP contribution is 2.27. The van der Waals surface area contributed by atoms with E-state index < -0.39 is 5.97 Å². The van der Waals surface area contributed by atoms with Gasteiger partial charge in [0.1, 0.15) is 5.75 Å². The lowest BCUT2D eigenvalue weighted by Crippen LogP contribution is -2.30. The van der Waals surface area contributed by atoms with Crippen LogP contribution in [0.2, 0.25) is 0 Å². The van der Waals surface area contributed by atoms with E-state index in [2.05, 4.69) is 36.4 Å². The summed E-state index contributed by atoms with van der Waals surface area (Å²) in [7, 11) is 0. The Hall–Kier alpha value is -3.61. The molecule has 0 aliphatic heterocycles. The SMILES string of the molecule is Cc1ccc(C(C)C)c(OCC(=O)OCC(=O)NCc2c(C)nn(Cc3ccccc3)c2C)c1. The first-order valence-corrected chi connectivity index (χ1v) is 11.5. The molecule has 0 bridgehead atoms. The van der Waals surface area contributed by atoms with Crippen molar-refractivity contribution in [1.82, 2.24) is 15.1 Å². The van der Waals surface area contributed by atoms with E-state index in [0.717, 1.165) is 33.6 Å². The third kappa shape index (κ3) is 6.70. The lowest BCUT2D eigenvalue weighted by Gasteiger charge is -2.14. The maximum Gasteiger partial charge on any atom is 0.344 e. The van der Waals surface area contributed by atoms with Crippen LogP contribution < -0.4 is 10.1 Å². The lowest BCUT2D eigenvalue weighted by atomic mass is 10.0. The Bertz CT molecular complexity index is 1140. The molecule has 0 unspecified atom stereocenters. The molecule has 1 heterocycles. The summed E-state index contributed by atoms with van der Waals surface area (Å²) in [5.41, 5.74) is 6.03. The van der Waals surface area contributed by atoms with Gasteiger partial charge in [-0.05, 0) is 49.4 Å². The number of rotatable bonds is 10. The number of amides is 1. The molecule has 7 heteroatoms. The van der Waals surface area contributed by atoms with Gasteiger partial charge >= 0.3 is 5.97 Å². The number of benzene rings is 2. The van der Waals surface area contributed by atoms with Crippen LogP contribution in [0.15, 0.2) is 48.5 Å². The molecule has 3 rings (SSSR count). The molecule has 0 saturated carbocycles. The molecular formula is C27H33N3O4. The van der Waals surface area contributed by atoms with Crippen molar-refractivity contribution >= 4 is 11.9 Å². The number of nitrogens with zero attached hydrogens (tertiary/aromatic N) is 2. The van der Waals surface area contributed by atoms with Gasteiger partial charge in [0, 0.05) is 17.8 Å². The van der Waals surface area contributed by atoms with E-state index in [9.17, 15) is 9.59 Å². The average molecular weight is 464 g/mol. The molecule has 0 atom stereocenters. The van der Waals surface area contributed by atoms with Crippen molar-refractivity contribution in [1.29, 1.82) is 0 Å². The normalized spacial score (nSPS) is 10.9. The van der Waals surface area contributed by atoms with Crippen LogP contribution in [-0.2, 0) is 27.4 Å². The fourth-order valence-electron chi connectivity index (χ4n) is 3.71. The predicted molar refractivity (Wildman–Crippen MR) is 131 cm³/mol. The Morgan fingerprint density at radius 1 is 1.03 bits per heavy atom. The van der Waals surface area contributed by atoms with E-state index in [4.69, 9.17) is 9.47 Å². The van der Waals surface area contributed by atoms with Crippen LogP contribution in [0.5, 0.6) is 5.75 Å². The van der Waals surface area contributed by atoms with Crippen LogP contribution in [0, 0.1) is 20.8 Å². The van der Waals surface area contributed by atoms with Gasteiger partial charge in [-0.15, -0.1) is 0 Å². The van der Waals surface area contributed by atoms with E-state index in [1.807, 2.05) is 61.9 Å². The largest absolute Gasteiger partial charge is 0.482 e. The Morgan fingerprint density at radius 2 is 1.76 bits per heavy atom. The third-order valence-corrected chi connectivity index (χ3v) is 5.67. The highest BCUT2D eigenvalue weighted by atomic mass is 16.6. The van der Waals surface area contributed by atoms with Gasteiger partial charge in [-0.1, -0.05) is 56.3 Å². The van der Waals surface area contributed by atoms with Crippen molar-refractivity contribution in [3.63, 3.8) is 0 Å². The fourth-order valence-corrected chi connectivity index (χ4v) is 3.71. The lowest BCUT2D eigenvalue weighted by molar-refractivity contribution is -0.150. The summed E-state index contributed by atoms with van der Waals surface area (Å²) in [5, 5.41) is 7.41. The zero-order valence-electron chi connectivity index (χ0n) is 20.6. The highest BCUT2D eigenvalue weighted by molar-refractivity contribution is 5.80. The first-order chi connectivity index (χ1) is 16.2. The number of carbonyl (C=O) groups is 2. The van der Waals surface area contributed by atoms with E-state index in [1.54, 1.807) is 0 Å². The second-order valence-electron chi connectivity index (χ2n) is 8.71. The van der Waals surface area contributed by atoms with Gasteiger partial charge in [0.15, 0.2) is 13.2 Å². The van der Waals surface area contributed by atoms with Crippen molar-refractivity contribution in [2.45, 2.75) is 53.6 Å². The monoisotopic (exact) mass is 463 g/mol. The summed E-state index contributed by atoms with van der Waals surface area (Å²) in [6.07, 6.45) is 0. The highest BCUT2D eigenvalue weighted by Gasteiger charge is 2.15. The summed E-state index contributed by atoms with van der Waals surface area (Å²) in [5.74, 6) is -0.0352. The number of ether oxygens (including phenoxy) is 2. The summed E-state index contributed by atoms with van der Waals surface area (Å²) in [4.78, 5) is 24.4. The summed E-state index contributed by atoms with van der Waals surface area (Å²) < 4.78 is 12.7. The van der Waals surface area contributed by atoms with Crippen LogP contribution in [0.4, 0.5) is 0 Å². The molecule has 7 nitrogen and oxygen atoms in total. The number of hydrogen-bond acceptors (Lipinski definition) is 5. The van der Waals surface area contributed by atoms with Crippen LogP contribution in [0.3, 0.4) is 0 Å². The smallest absolute Gasteiger partial charge is 0.344 e. The van der Waals surface area contributed by atoms with Gasteiger partial charge in [0.25, 0.3) is 5.91 Å². The summed E-state index contributed by atoms with van der Waals surface area (Å²) >= 11 is 0. The van der Waals surface area contributed by atoms with E-state index in [1.165, 1.54) is 0 Å². The standard InChI is InChI=1S/C27H33N3O4/c1-18(2)23-12-11-19(3)13-25(23)33-17-27(32)34-16-26(31)28-14-24-20(4)29-30(21(24)5)15-22-9-7-6-8-10-22/h6-13,18H,14-17H2,1-5H3,(H,28,31). The molecule has 1 amide bonds. The Kier molecular flexibility index (Phi) is 8.46. The molecule has 0 radical (unpaired) electrons. The minimum Gasteiger partial charge on any atom is -0.482 e. The molecule has 1 N–H and O–H groups in total. The number of hydrogen-bond donors (Lipinski definition) is 1. The van der Waals surface area contributed by atoms with Crippen LogP contribution in [0.25, 0.3) is 0 Å². The maximum absolute atomic E-state index is 12.2. The van der Waals surface area contributed by atoms with Gasteiger partial charge < -0.3 is 14.8 Å². The second kappa shape index (κ2) is 11.5. The maximum atomic E-state index is 12.2. The quantitative estimate of drug-likeness (QED) is 0.455. The minimum atomic E-state index is -0.589. The number of carbonyl (C=O) groups excluding carboxylic acids is 2. The molecule has 0 spiro atoms. The number of aromatic nitrogens is 2. The van der Waals surface area contributed by atoms with Gasteiger partial charge in [-0.3, -0.25) is 9.48 Å². The average Bonchev–Trinajstić information content (AvgIpc) is 3.07. The minimum absolute atomic E-state index is 0.249. The first-order valence-electron chi connectivity index (χ1n) is 11.5. The summed E-state index contributed by atoms with van der Waals surface area (Å²) in [6.45, 7) is 10.4. The second-order valence-corrected chi connectivity index (χ2v) is 8.71. The third-order valence-electron chi connectivity index (χ3n) is 5.67. The fraction of sp³-hybridized carbons (Fsp3) is 0.370. The summed E-state index contributed by atoms with van der Waals surface area (Å²) in [6, 6.07) is 16.0. The van der Waals surface area contributed by atoms with Crippen molar-refractivity contribution in [2.24, 2.45) is 0 Å². The first kappa shape index (κ1) is 25.0. The van der Waals surface area contributed by atoms with E-state index >= 15 is 0 Å². The Labute approximate surface area is 201 Å². The molecule has 3 aromatic rings. The van der Waals surface area contributed by atoms with Crippen molar-refractivity contribution in [2.75, 3.05) is 13.2 Å². The molecule has 0 saturated heterocycles. The van der Waals surface area contributed by atoms with E-state index in [0.29, 0.717) is 18.8 Å². The van der Waals surface area contributed by atoms with E-state index in [-0.39, 0.29) is 25.0 Å². The van der Waals surface area contributed by atoms with Crippen molar-refractivity contribution in [3.05, 3.63) is 82.2 Å². The molecule has 2 aromatic carbocycles. The molecule has 180 valence electrons. The number of aryl methyl sites for hydroxylation is 2.